The third-order valence-corrected chi connectivity index (χ3v) is 1.60. The van der Waals surface area contributed by atoms with Crippen LogP contribution in [0, 0.1) is 0 Å². The molecule has 4 nitrogen and oxygen atoms in total. The molecule has 0 spiro atoms. The molecule has 1 N–H and O–H groups in total. The quantitative estimate of drug-likeness (QED) is 0.300. The zero-order chi connectivity index (χ0) is 8.69. The van der Waals surface area contributed by atoms with E-state index in [1.165, 1.54) is 18.8 Å². The van der Waals surface area contributed by atoms with Gasteiger partial charge in [-0.2, -0.15) is 0 Å². The van der Waals surface area contributed by atoms with Gasteiger partial charge in [-0.15, -0.1) is 11.8 Å². The van der Waals surface area contributed by atoms with Crippen LogP contribution in [-0.4, -0.2) is 23.9 Å². The third-order valence-electron chi connectivity index (χ3n) is 0.814. The van der Waals surface area contributed by atoms with E-state index in [0.29, 0.717) is 0 Å². The summed E-state index contributed by atoms with van der Waals surface area (Å²) in [5.74, 6) is 0.923. The van der Waals surface area contributed by atoms with Crippen LogP contribution in [0.4, 0.5) is 4.79 Å². The van der Waals surface area contributed by atoms with Gasteiger partial charge < -0.3 is 5.32 Å². The van der Waals surface area contributed by atoms with Crippen molar-refractivity contribution < 1.29 is 9.63 Å². The maximum atomic E-state index is 10.5. The van der Waals surface area contributed by atoms with Gasteiger partial charge in [0, 0.05) is 7.05 Å². The Kier molecular flexibility index (Phi) is 5.64. The molecule has 0 aromatic carbocycles. The first-order valence-corrected chi connectivity index (χ1v) is 4.25. The molecule has 0 aromatic heterocycles. The maximum Gasteiger partial charge on any atom is 0.433 e. The van der Waals surface area contributed by atoms with Crippen LogP contribution >= 0.6 is 11.8 Å². The van der Waals surface area contributed by atoms with E-state index in [2.05, 4.69) is 15.3 Å². The highest BCUT2D eigenvalue weighted by atomic mass is 32.2. The number of thioether (sulfide) groups is 1. The SMILES string of the molecule is CCSC(C)=NOC(=O)NC. The fourth-order valence-corrected chi connectivity index (χ4v) is 0.894. The summed E-state index contributed by atoms with van der Waals surface area (Å²) in [5.41, 5.74) is 0. The van der Waals surface area contributed by atoms with Crippen molar-refractivity contribution in [3.63, 3.8) is 0 Å². The molecular weight excluding hydrogens is 164 g/mol. The first-order valence-electron chi connectivity index (χ1n) is 3.26. The lowest BCUT2D eigenvalue weighted by molar-refractivity contribution is 0.153. The minimum atomic E-state index is -0.541. The van der Waals surface area contributed by atoms with Gasteiger partial charge >= 0.3 is 6.09 Å². The normalized spacial score (nSPS) is 11.0. The fourth-order valence-electron chi connectivity index (χ4n) is 0.387. The number of oxime groups is 1. The lowest BCUT2D eigenvalue weighted by atomic mass is 10.9. The Bertz CT molecular complexity index is 159. The smallest absolute Gasteiger partial charge is 0.323 e. The van der Waals surface area contributed by atoms with Crippen molar-refractivity contribution in [1.82, 2.24) is 5.32 Å². The van der Waals surface area contributed by atoms with E-state index in [1.807, 2.05) is 6.92 Å². The van der Waals surface area contributed by atoms with Gasteiger partial charge in [0.1, 0.15) is 5.04 Å². The number of nitrogens with zero attached hydrogens (tertiary/aromatic N) is 1. The molecule has 0 aromatic rings. The molecule has 0 bridgehead atoms. The van der Waals surface area contributed by atoms with E-state index < -0.39 is 6.09 Å². The number of carbonyl (C=O) groups is 1. The zero-order valence-electron chi connectivity index (χ0n) is 6.88. The summed E-state index contributed by atoms with van der Waals surface area (Å²) in [6.45, 7) is 3.79. The highest BCUT2D eigenvalue weighted by Crippen LogP contribution is 2.01. The van der Waals surface area contributed by atoms with Crippen LogP contribution in [-0.2, 0) is 4.84 Å². The number of carbonyl (C=O) groups excluding carboxylic acids is 1. The summed E-state index contributed by atoms with van der Waals surface area (Å²) < 4.78 is 0. The van der Waals surface area contributed by atoms with Crippen molar-refractivity contribution in [2.24, 2.45) is 5.16 Å². The molecule has 0 atom stereocenters. The number of hydrogen-bond donors (Lipinski definition) is 1. The molecule has 0 saturated carbocycles. The zero-order valence-corrected chi connectivity index (χ0v) is 7.70. The van der Waals surface area contributed by atoms with Gasteiger partial charge in [-0.25, -0.2) is 4.79 Å². The molecule has 0 rings (SSSR count). The molecule has 1 amide bonds. The van der Waals surface area contributed by atoms with Gasteiger partial charge in [0.05, 0.1) is 0 Å². The van der Waals surface area contributed by atoms with Gasteiger partial charge in [0.25, 0.3) is 0 Å². The average molecular weight is 176 g/mol. The number of hydrogen-bond acceptors (Lipinski definition) is 4. The Balaban J connectivity index is 3.63. The van der Waals surface area contributed by atoms with Crippen molar-refractivity contribution in [2.45, 2.75) is 13.8 Å². The summed E-state index contributed by atoms with van der Waals surface area (Å²) in [5, 5.41) is 6.58. The van der Waals surface area contributed by atoms with Gasteiger partial charge in [0.2, 0.25) is 0 Å². The first-order chi connectivity index (χ1) is 5.20. The van der Waals surface area contributed by atoms with E-state index in [9.17, 15) is 4.79 Å². The average Bonchev–Trinajstić information content (AvgIpc) is 2.01. The van der Waals surface area contributed by atoms with Crippen LogP contribution in [0.5, 0.6) is 0 Å². The molecule has 0 aliphatic heterocycles. The molecule has 0 aliphatic carbocycles. The molecule has 11 heavy (non-hydrogen) atoms. The minimum absolute atomic E-state index is 0.541. The van der Waals surface area contributed by atoms with Gasteiger partial charge in [-0.1, -0.05) is 12.1 Å². The van der Waals surface area contributed by atoms with Crippen molar-refractivity contribution in [3.8, 4) is 0 Å². The second kappa shape index (κ2) is 6.03. The Labute approximate surface area is 70.4 Å². The fraction of sp³-hybridized carbons (Fsp3) is 0.667. The summed E-state index contributed by atoms with van der Waals surface area (Å²) in [4.78, 5) is 14.9. The van der Waals surface area contributed by atoms with Crippen LogP contribution in [0.2, 0.25) is 0 Å². The van der Waals surface area contributed by atoms with Crippen LogP contribution in [0.3, 0.4) is 0 Å². The van der Waals surface area contributed by atoms with Crippen molar-refractivity contribution in [2.75, 3.05) is 12.8 Å². The van der Waals surface area contributed by atoms with E-state index in [0.717, 1.165) is 10.8 Å². The lowest BCUT2D eigenvalue weighted by Crippen LogP contribution is -2.17. The predicted molar refractivity (Wildman–Crippen MR) is 46.8 cm³/mol. The summed E-state index contributed by atoms with van der Waals surface area (Å²) in [7, 11) is 1.49. The van der Waals surface area contributed by atoms with Gasteiger partial charge in [-0.05, 0) is 12.7 Å². The minimum Gasteiger partial charge on any atom is -0.323 e. The number of rotatable bonds is 2. The molecule has 0 fully saturated rings. The topological polar surface area (TPSA) is 50.7 Å². The Morgan fingerprint density at radius 1 is 1.73 bits per heavy atom. The molecule has 5 heteroatoms. The molecule has 0 aliphatic rings. The second-order valence-corrected chi connectivity index (χ2v) is 3.13. The highest BCUT2D eigenvalue weighted by molar-refractivity contribution is 8.13. The van der Waals surface area contributed by atoms with Crippen molar-refractivity contribution >= 4 is 22.9 Å². The maximum absolute atomic E-state index is 10.5. The van der Waals surface area contributed by atoms with E-state index in [1.54, 1.807) is 6.92 Å². The molecule has 0 unspecified atom stereocenters. The Morgan fingerprint density at radius 3 is 2.82 bits per heavy atom. The third kappa shape index (κ3) is 5.72. The van der Waals surface area contributed by atoms with Crippen molar-refractivity contribution in [1.29, 1.82) is 0 Å². The van der Waals surface area contributed by atoms with Gasteiger partial charge in [-0.3, -0.25) is 4.84 Å². The summed E-state index contributed by atoms with van der Waals surface area (Å²) in [6.07, 6.45) is -0.541. The second-order valence-electron chi connectivity index (χ2n) is 1.67. The first kappa shape index (κ1) is 10.3. The molecule has 0 saturated heterocycles. The van der Waals surface area contributed by atoms with Crippen molar-refractivity contribution in [3.05, 3.63) is 0 Å². The van der Waals surface area contributed by atoms with E-state index in [4.69, 9.17) is 0 Å². The van der Waals surface area contributed by atoms with Gasteiger partial charge in [0.15, 0.2) is 0 Å². The highest BCUT2D eigenvalue weighted by Gasteiger charge is 1.95. The largest absolute Gasteiger partial charge is 0.433 e. The summed E-state index contributed by atoms with van der Waals surface area (Å²) >= 11 is 1.53. The molecule has 64 valence electrons. The number of nitrogens with one attached hydrogen (secondary N) is 1. The standard InChI is InChI=1S/C6H12N2O2S/c1-4-11-5(2)8-10-6(9)7-3/h4H2,1-3H3,(H,7,9). The molecular formula is C6H12N2O2S. The Morgan fingerprint density at radius 2 is 2.36 bits per heavy atom. The van der Waals surface area contributed by atoms with Crippen LogP contribution < -0.4 is 5.32 Å². The van der Waals surface area contributed by atoms with E-state index in [-0.39, 0.29) is 0 Å². The predicted octanol–water partition coefficient (Wildman–Crippen LogP) is 1.43. The van der Waals surface area contributed by atoms with Crippen LogP contribution in [0.1, 0.15) is 13.8 Å². The molecule has 0 heterocycles. The monoisotopic (exact) mass is 176 g/mol. The number of amides is 1. The van der Waals surface area contributed by atoms with Crippen LogP contribution in [0.25, 0.3) is 0 Å². The summed E-state index contributed by atoms with van der Waals surface area (Å²) in [6, 6.07) is 0. The lowest BCUT2D eigenvalue weighted by Gasteiger charge is -1.96. The Hall–Kier alpha value is -0.710. The molecule has 0 radical (unpaired) electrons. The van der Waals surface area contributed by atoms with E-state index >= 15 is 0 Å². The van der Waals surface area contributed by atoms with Crippen LogP contribution in [0.15, 0.2) is 5.16 Å².